The molecule has 0 aliphatic carbocycles. The lowest BCUT2D eigenvalue weighted by atomic mass is 10.1. The Kier molecular flexibility index (Phi) is 13.7. The van der Waals surface area contributed by atoms with Crippen LogP contribution in [0.3, 0.4) is 0 Å². The molecular formula is C24H36NO13P. The second kappa shape index (κ2) is 15.9. The minimum atomic E-state index is -4.47. The van der Waals surface area contributed by atoms with E-state index in [2.05, 4.69) is 0 Å². The van der Waals surface area contributed by atoms with Crippen LogP contribution < -0.4 is 10.5 Å². The van der Waals surface area contributed by atoms with E-state index in [0.29, 0.717) is 5.69 Å². The van der Waals surface area contributed by atoms with E-state index < -0.39 is 75.1 Å². The first-order valence-corrected chi connectivity index (χ1v) is 13.8. The van der Waals surface area contributed by atoms with E-state index in [-0.39, 0.29) is 12.2 Å². The van der Waals surface area contributed by atoms with Crippen molar-refractivity contribution in [3.63, 3.8) is 0 Å². The molecule has 39 heavy (non-hydrogen) atoms. The van der Waals surface area contributed by atoms with Crippen molar-refractivity contribution >= 4 is 37.5 Å². The molecule has 0 bridgehead atoms. The van der Waals surface area contributed by atoms with Gasteiger partial charge in [-0.1, -0.05) is 0 Å². The summed E-state index contributed by atoms with van der Waals surface area (Å²) in [5.74, 6) is -3.38. The van der Waals surface area contributed by atoms with E-state index in [1.165, 1.54) is 38.1 Å². The minimum absolute atomic E-state index is 0.104. The molecule has 0 spiro atoms. The normalized spacial score (nSPS) is 15.0. The van der Waals surface area contributed by atoms with Crippen LogP contribution in [0.2, 0.25) is 0 Å². The first kappa shape index (κ1) is 33.7. The highest BCUT2D eigenvalue weighted by Gasteiger charge is 2.39. The van der Waals surface area contributed by atoms with Crippen molar-refractivity contribution in [1.82, 2.24) is 0 Å². The number of carboxylic acid groups (broad SMARTS) is 1. The van der Waals surface area contributed by atoms with Gasteiger partial charge in [0.2, 0.25) is 12.6 Å². The number of rotatable bonds is 15. The number of ether oxygens (including phenoxy) is 5. The monoisotopic (exact) mass is 577 g/mol. The van der Waals surface area contributed by atoms with Crippen molar-refractivity contribution in [2.45, 2.75) is 79.2 Å². The van der Waals surface area contributed by atoms with Crippen molar-refractivity contribution in [1.29, 1.82) is 0 Å². The topological polar surface area (TPSA) is 196 Å². The molecule has 3 N–H and O–H groups in total. The highest BCUT2D eigenvalue weighted by molar-refractivity contribution is 7.53. The highest BCUT2D eigenvalue weighted by Crippen LogP contribution is 2.53. The number of carboxylic acids is 1. The van der Waals surface area contributed by atoms with Gasteiger partial charge in [0.1, 0.15) is 5.75 Å². The lowest BCUT2D eigenvalue weighted by Crippen LogP contribution is -2.29. The van der Waals surface area contributed by atoms with Gasteiger partial charge in [0.15, 0.2) is 0 Å². The molecule has 1 aromatic rings. The van der Waals surface area contributed by atoms with Crippen molar-refractivity contribution in [3.8, 4) is 5.75 Å². The fourth-order valence-corrected chi connectivity index (χ4v) is 4.99. The molecule has 0 aliphatic heterocycles. The molecule has 0 aliphatic rings. The molecule has 15 heteroatoms. The Hall–Kier alpha value is -3.35. The van der Waals surface area contributed by atoms with E-state index in [9.17, 15) is 23.7 Å². The number of anilines is 1. The lowest BCUT2D eigenvalue weighted by Gasteiger charge is -2.27. The molecule has 0 aromatic heterocycles. The number of carbonyl (C=O) groups excluding carboxylic acids is 3. The molecule has 0 heterocycles. The second-order valence-corrected chi connectivity index (χ2v) is 10.8. The molecule has 0 amide bonds. The highest BCUT2D eigenvalue weighted by atomic mass is 31.2. The average Bonchev–Trinajstić information content (AvgIpc) is 2.76. The third kappa shape index (κ3) is 14.4. The van der Waals surface area contributed by atoms with Gasteiger partial charge in [0.25, 0.3) is 0 Å². The molecule has 14 nitrogen and oxygen atoms in total. The van der Waals surface area contributed by atoms with Gasteiger partial charge in [-0.2, -0.15) is 0 Å². The van der Waals surface area contributed by atoms with Crippen LogP contribution in [0, 0.1) is 5.92 Å². The summed E-state index contributed by atoms with van der Waals surface area (Å²) in [6.07, 6.45) is -7.81. The van der Waals surface area contributed by atoms with E-state index in [0.717, 1.165) is 0 Å². The third-order valence-corrected chi connectivity index (χ3v) is 6.51. The van der Waals surface area contributed by atoms with Crippen LogP contribution in [0.25, 0.3) is 0 Å². The molecule has 0 fully saturated rings. The Morgan fingerprint density at radius 1 is 0.821 bits per heavy atom. The Morgan fingerprint density at radius 2 is 1.28 bits per heavy atom. The van der Waals surface area contributed by atoms with Crippen LogP contribution in [0.1, 0.15) is 54.4 Å². The maximum atomic E-state index is 13.8. The summed E-state index contributed by atoms with van der Waals surface area (Å²) in [7, 11) is -4.47. The zero-order chi connectivity index (χ0) is 29.8. The first-order valence-electron chi connectivity index (χ1n) is 12.1. The molecule has 0 radical (unpaired) electrons. The Morgan fingerprint density at radius 3 is 1.69 bits per heavy atom. The second-order valence-electron chi connectivity index (χ2n) is 8.83. The molecule has 3 unspecified atom stereocenters. The molecule has 0 saturated heterocycles. The molecule has 0 saturated carbocycles. The summed E-state index contributed by atoms with van der Waals surface area (Å²) in [5, 5.41) is 9.16. The largest absolute Gasteiger partial charge is 0.510 e. The summed E-state index contributed by atoms with van der Waals surface area (Å²) in [6, 6.07) is 5.80. The number of hydrogen-bond donors (Lipinski definition) is 2. The first-order chi connectivity index (χ1) is 18.1. The smallest absolute Gasteiger partial charge is 0.481 e. The summed E-state index contributed by atoms with van der Waals surface area (Å²) in [6.45, 7) is 8.75. The van der Waals surface area contributed by atoms with E-state index in [1.54, 1.807) is 27.7 Å². The lowest BCUT2D eigenvalue weighted by molar-refractivity contribution is -0.140. The Labute approximate surface area is 226 Å². The maximum Gasteiger partial charge on any atom is 0.510 e. The van der Waals surface area contributed by atoms with Crippen LogP contribution in [0.5, 0.6) is 5.75 Å². The molecule has 1 rings (SSSR count). The van der Waals surface area contributed by atoms with E-state index in [1.807, 2.05) is 0 Å². The number of hydrogen-bond acceptors (Lipinski definition) is 13. The predicted octanol–water partition coefficient (Wildman–Crippen LogP) is 4.70. The summed E-state index contributed by atoms with van der Waals surface area (Å²) in [4.78, 5) is 47.9. The van der Waals surface area contributed by atoms with Crippen molar-refractivity contribution in [3.05, 3.63) is 24.3 Å². The fraction of sp³-hybridized carbons (Fsp3) is 0.583. The van der Waals surface area contributed by atoms with Gasteiger partial charge in [-0.25, -0.2) is 9.59 Å². The number of esters is 1. The van der Waals surface area contributed by atoms with Gasteiger partial charge in [-0.05, 0) is 72.2 Å². The zero-order valence-electron chi connectivity index (χ0n) is 22.7. The zero-order valence-corrected chi connectivity index (χ0v) is 23.6. The number of carbonyl (C=O) groups is 4. The molecular weight excluding hydrogens is 541 g/mol. The van der Waals surface area contributed by atoms with Gasteiger partial charge in [-0.15, -0.1) is 0 Å². The van der Waals surface area contributed by atoms with Crippen LogP contribution in [-0.2, 0) is 42.1 Å². The SMILES string of the molecule is CC(C)OC(=O)OC(C)OP(=O)(CC(CCC(=O)O)C(=O)Oc1ccc(N)cc1)OC(C)OC(=O)OC(C)C. The molecule has 220 valence electrons. The van der Waals surface area contributed by atoms with Crippen LogP contribution in [0.15, 0.2) is 24.3 Å². The van der Waals surface area contributed by atoms with Crippen LogP contribution >= 0.6 is 7.60 Å². The van der Waals surface area contributed by atoms with Gasteiger partial charge >= 0.3 is 31.8 Å². The average molecular weight is 578 g/mol. The maximum absolute atomic E-state index is 13.8. The molecule has 3 atom stereocenters. The Bertz CT molecular complexity index is 976. The number of nitrogens with two attached hydrogens (primary N) is 1. The predicted molar refractivity (Wildman–Crippen MR) is 136 cm³/mol. The standard InChI is InChI=1S/C24H36NO13P/c1-14(2)32-23(29)34-16(5)37-39(31,38-17(6)35-24(30)33-15(3)4)13-18(7-12-21(26)27)22(28)36-20-10-8-19(25)9-11-20/h8-11,14-18H,7,12-13,25H2,1-6H3,(H,26,27). The summed E-state index contributed by atoms with van der Waals surface area (Å²) >= 11 is 0. The van der Waals surface area contributed by atoms with Gasteiger partial charge in [0, 0.05) is 12.1 Å². The van der Waals surface area contributed by atoms with Gasteiger partial charge < -0.3 is 34.5 Å². The molecule has 1 aromatic carbocycles. The van der Waals surface area contributed by atoms with E-state index in [4.69, 9.17) is 43.6 Å². The van der Waals surface area contributed by atoms with Crippen molar-refractivity contribution in [2.75, 3.05) is 11.9 Å². The third-order valence-electron chi connectivity index (χ3n) is 4.39. The van der Waals surface area contributed by atoms with Gasteiger partial charge in [-0.3, -0.25) is 23.2 Å². The minimum Gasteiger partial charge on any atom is -0.481 e. The van der Waals surface area contributed by atoms with Crippen molar-refractivity contribution in [2.24, 2.45) is 5.92 Å². The Balaban J connectivity index is 3.18. The number of nitrogen functional groups attached to an aromatic ring is 1. The van der Waals surface area contributed by atoms with Gasteiger partial charge in [0.05, 0.1) is 24.3 Å². The van der Waals surface area contributed by atoms with E-state index >= 15 is 0 Å². The quantitative estimate of drug-likeness (QED) is 0.0956. The fourth-order valence-electron chi connectivity index (χ4n) is 2.90. The number of aliphatic carboxylic acids is 1. The summed E-state index contributed by atoms with van der Waals surface area (Å²) in [5.41, 5.74) is 6.05. The summed E-state index contributed by atoms with van der Waals surface area (Å²) < 4.78 is 49.5. The number of benzene rings is 1. The van der Waals surface area contributed by atoms with Crippen molar-refractivity contribution < 1.29 is 61.6 Å². The van der Waals surface area contributed by atoms with Crippen LogP contribution in [-0.4, -0.2) is 60.3 Å². The van der Waals surface area contributed by atoms with Crippen LogP contribution in [0.4, 0.5) is 15.3 Å².